The third kappa shape index (κ3) is 7.54. The Morgan fingerprint density at radius 3 is 2.39 bits per heavy atom. The van der Waals surface area contributed by atoms with Crippen LogP contribution in [0.3, 0.4) is 0 Å². The molecular weight excluding hydrogens is 649 g/mol. The highest BCUT2D eigenvalue weighted by Gasteiger charge is 2.40. The molecule has 12 heteroatoms. The third-order valence-corrected chi connectivity index (χ3v) is 8.82. The monoisotopic (exact) mass is 675 g/mol. The second kappa shape index (κ2) is 14.6. The number of anilines is 2. The average molecular weight is 677 g/mol. The van der Waals surface area contributed by atoms with Gasteiger partial charge in [-0.25, -0.2) is 4.90 Å². The second-order valence-corrected chi connectivity index (χ2v) is 12.0. The Bertz CT molecular complexity index is 1850. The molecule has 2 N–H and O–H groups in total. The normalized spacial score (nSPS) is 14.7. The van der Waals surface area contributed by atoms with E-state index in [1.54, 1.807) is 78.9 Å². The van der Waals surface area contributed by atoms with Gasteiger partial charge in [0, 0.05) is 28.1 Å². The maximum Gasteiger partial charge on any atom is 0.272 e. The molecule has 0 spiro atoms. The topological polar surface area (TPSA) is 114 Å². The standard InChI is InChI=1S/C34H27Cl2N3O6S/c1-44-24-12-14-29(45-2)21(15-24)16-28(38-32(41)20-7-4-3-5-8-20)33(42)37-22-9-6-10-25(17-22)46-30-19-31(40)39(34(30)43)23-11-13-26(35)27(36)18-23/h3-18,30H,19H2,1-2H3,(H,37,42)(H,38,41)/b28-16-. The predicted molar refractivity (Wildman–Crippen MR) is 180 cm³/mol. The van der Waals surface area contributed by atoms with Crippen molar-refractivity contribution in [3.05, 3.63) is 118 Å². The lowest BCUT2D eigenvalue weighted by atomic mass is 10.1. The lowest BCUT2D eigenvalue weighted by molar-refractivity contribution is -0.121. The summed E-state index contributed by atoms with van der Waals surface area (Å²) in [7, 11) is 3.02. The van der Waals surface area contributed by atoms with E-state index in [1.165, 1.54) is 44.2 Å². The van der Waals surface area contributed by atoms with Crippen LogP contribution in [0.25, 0.3) is 6.08 Å². The van der Waals surface area contributed by atoms with E-state index in [0.717, 1.165) is 4.90 Å². The number of nitrogens with zero attached hydrogens (tertiary/aromatic N) is 1. The Morgan fingerprint density at radius 2 is 1.67 bits per heavy atom. The van der Waals surface area contributed by atoms with Crippen LogP contribution in [0.15, 0.2) is 102 Å². The number of carbonyl (C=O) groups excluding carboxylic acids is 4. The molecular formula is C34H27Cl2N3O6S. The lowest BCUT2D eigenvalue weighted by Gasteiger charge is -2.16. The minimum Gasteiger partial charge on any atom is -0.497 e. The molecule has 1 saturated heterocycles. The van der Waals surface area contributed by atoms with E-state index in [9.17, 15) is 19.2 Å². The number of hydrogen-bond donors (Lipinski definition) is 2. The van der Waals surface area contributed by atoms with E-state index < -0.39 is 17.1 Å². The highest BCUT2D eigenvalue weighted by atomic mass is 35.5. The van der Waals surface area contributed by atoms with Gasteiger partial charge in [-0.05, 0) is 72.8 Å². The van der Waals surface area contributed by atoms with E-state index >= 15 is 0 Å². The van der Waals surface area contributed by atoms with Gasteiger partial charge in [0.25, 0.3) is 11.8 Å². The first-order valence-corrected chi connectivity index (χ1v) is 15.5. The Morgan fingerprint density at radius 1 is 0.891 bits per heavy atom. The molecule has 0 saturated carbocycles. The number of halogens is 2. The van der Waals surface area contributed by atoms with E-state index in [2.05, 4.69) is 10.6 Å². The second-order valence-electron chi connectivity index (χ2n) is 9.94. The summed E-state index contributed by atoms with van der Waals surface area (Å²) >= 11 is 13.3. The number of rotatable bonds is 10. The van der Waals surface area contributed by atoms with Gasteiger partial charge < -0.3 is 20.1 Å². The van der Waals surface area contributed by atoms with Gasteiger partial charge in [-0.3, -0.25) is 19.2 Å². The van der Waals surface area contributed by atoms with Crippen LogP contribution >= 0.6 is 35.0 Å². The lowest BCUT2D eigenvalue weighted by Crippen LogP contribution is -2.31. The molecule has 0 radical (unpaired) electrons. The number of hydrogen-bond acceptors (Lipinski definition) is 7. The zero-order chi connectivity index (χ0) is 32.8. The molecule has 1 unspecified atom stereocenters. The van der Waals surface area contributed by atoms with Crippen molar-refractivity contribution in [1.82, 2.24) is 5.32 Å². The molecule has 234 valence electrons. The summed E-state index contributed by atoms with van der Waals surface area (Å²) in [6.45, 7) is 0. The van der Waals surface area contributed by atoms with Crippen LogP contribution in [0.5, 0.6) is 11.5 Å². The van der Waals surface area contributed by atoms with Gasteiger partial charge in [0.2, 0.25) is 11.8 Å². The number of imide groups is 1. The molecule has 4 amide bonds. The Hall–Kier alpha value is -4.77. The predicted octanol–water partition coefficient (Wildman–Crippen LogP) is 6.84. The van der Waals surface area contributed by atoms with E-state index in [-0.39, 0.29) is 29.0 Å². The summed E-state index contributed by atoms with van der Waals surface area (Å²) in [6, 6.07) is 25.0. The van der Waals surface area contributed by atoms with Gasteiger partial charge >= 0.3 is 0 Å². The number of ether oxygens (including phenoxy) is 2. The molecule has 1 aliphatic rings. The van der Waals surface area contributed by atoms with Gasteiger partial charge in [-0.15, -0.1) is 11.8 Å². The molecule has 1 aliphatic heterocycles. The van der Waals surface area contributed by atoms with Crippen molar-refractivity contribution in [3.63, 3.8) is 0 Å². The summed E-state index contributed by atoms with van der Waals surface area (Å²) in [5.74, 6) is -0.836. The number of thioether (sulfide) groups is 1. The third-order valence-electron chi connectivity index (χ3n) is 6.90. The highest BCUT2D eigenvalue weighted by Crippen LogP contribution is 2.36. The van der Waals surface area contributed by atoms with Crippen LogP contribution in [-0.4, -0.2) is 43.1 Å². The van der Waals surface area contributed by atoms with Crippen molar-refractivity contribution in [2.45, 2.75) is 16.6 Å². The Labute approximate surface area is 279 Å². The van der Waals surface area contributed by atoms with Crippen molar-refractivity contribution in [1.29, 1.82) is 0 Å². The molecule has 1 atom stereocenters. The van der Waals surface area contributed by atoms with Gasteiger partial charge in [-0.1, -0.05) is 47.5 Å². The molecule has 9 nitrogen and oxygen atoms in total. The maximum absolute atomic E-state index is 13.6. The minimum atomic E-state index is -0.686. The molecule has 5 rings (SSSR count). The number of nitrogens with one attached hydrogen (secondary N) is 2. The van der Waals surface area contributed by atoms with Crippen molar-refractivity contribution in [3.8, 4) is 11.5 Å². The fraction of sp³-hybridized carbons (Fsp3) is 0.118. The van der Waals surface area contributed by atoms with Crippen molar-refractivity contribution in [2.75, 3.05) is 24.4 Å². The number of methoxy groups -OCH3 is 2. The number of amides is 4. The minimum absolute atomic E-state index is 0.0128. The number of carbonyl (C=O) groups is 4. The van der Waals surface area contributed by atoms with Gasteiger partial charge in [-0.2, -0.15) is 0 Å². The quantitative estimate of drug-likeness (QED) is 0.140. The van der Waals surface area contributed by atoms with E-state index in [0.29, 0.717) is 43.9 Å². The van der Waals surface area contributed by atoms with Crippen LogP contribution in [0, 0.1) is 0 Å². The first-order valence-electron chi connectivity index (χ1n) is 13.9. The molecule has 46 heavy (non-hydrogen) atoms. The van der Waals surface area contributed by atoms with Crippen LogP contribution in [0.1, 0.15) is 22.3 Å². The van der Waals surface area contributed by atoms with E-state index in [1.807, 2.05) is 0 Å². The number of benzene rings is 4. The zero-order valence-corrected chi connectivity index (χ0v) is 26.9. The molecule has 4 aromatic rings. The SMILES string of the molecule is COc1ccc(OC)c(/C=C(\NC(=O)c2ccccc2)C(=O)Nc2cccc(SC3CC(=O)N(c4ccc(Cl)c(Cl)c4)C3=O)c2)c1. The van der Waals surface area contributed by atoms with Crippen LogP contribution < -0.4 is 25.0 Å². The van der Waals surface area contributed by atoms with Crippen molar-refractivity contribution < 1.29 is 28.7 Å². The highest BCUT2D eigenvalue weighted by molar-refractivity contribution is 8.00. The fourth-order valence-electron chi connectivity index (χ4n) is 4.65. The van der Waals surface area contributed by atoms with Crippen molar-refractivity contribution in [2.24, 2.45) is 0 Å². The first kappa shape index (κ1) is 32.6. The van der Waals surface area contributed by atoms with Crippen LogP contribution in [-0.2, 0) is 14.4 Å². The summed E-state index contributed by atoms with van der Waals surface area (Å²) in [6.07, 6.45) is 1.48. The largest absolute Gasteiger partial charge is 0.497 e. The first-order chi connectivity index (χ1) is 22.2. The molecule has 0 bridgehead atoms. The Kier molecular flexibility index (Phi) is 10.3. The van der Waals surface area contributed by atoms with Gasteiger partial charge in [0.1, 0.15) is 17.2 Å². The fourth-order valence-corrected chi connectivity index (χ4v) is 6.06. The zero-order valence-electron chi connectivity index (χ0n) is 24.6. The summed E-state index contributed by atoms with van der Waals surface area (Å²) in [5.41, 5.74) is 1.57. The van der Waals surface area contributed by atoms with Crippen molar-refractivity contribution >= 4 is 76.0 Å². The van der Waals surface area contributed by atoms with Crippen LogP contribution in [0.2, 0.25) is 10.0 Å². The Balaban J connectivity index is 1.37. The summed E-state index contributed by atoms with van der Waals surface area (Å²) < 4.78 is 10.8. The molecule has 0 aromatic heterocycles. The summed E-state index contributed by atoms with van der Waals surface area (Å²) in [4.78, 5) is 54.5. The van der Waals surface area contributed by atoms with Crippen LogP contribution in [0.4, 0.5) is 11.4 Å². The van der Waals surface area contributed by atoms with Gasteiger partial charge in [0.15, 0.2) is 0 Å². The average Bonchev–Trinajstić information content (AvgIpc) is 3.34. The molecule has 4 aromatic carbocycles. The van der Waals surface area contributed by atoms with E-state index in [4.69, 9.17) is 32.7 Å². The van der Waals surface area contributed by atoms with Gasteiger partial charge in [0.05, 0.1) is 35.2 Å². The molecule has 1 fully saturated rings. The molecule has 0 aliphatic carbocycles. The molecule has 1 heterocycles. The maximum atomic E-state index is 13.6. The smallest absolute Gasteiger partial charge is 0.272 e. The summed E-state index contributed by atoms with van der Waals surface area (Å²) in [5, 5.41) is 5.39.